The molecule has 7 heteroatoms. The van der Waals surface area contributed by atoms with Crippen LogP contribution in [0.15, 0.2) is 70.4 Å². The zero-order valence-corrected chi connectivity index (χ0v) is 16.6. The molecule has 0 spiro atoms. The molecule has 132 valence electrons. The summed E-state index contributed by atoms with van der Waals surface area (Å²) in [4.78, 5) is 4.15. The summed E-state index contributed by atoms with van der Waals surface area (Å²) >= 11 is 15.5. The van der Waals surface area contributed by atoms with Crippen LogP contribution in [-0.2, 0) is 6.61 Å². The number of hydrogen-bond donors (Lipinski definition) is 1. The number of hydrogen-bond acceptors (Lipinski definition) is 4. The molecule has 3 rings (SSSR count). The Morgan fingerprint density at radius 3 is 2.73 bits per heavy atom. The molecule has 1 N–H and O–H groups in total. The van der Waals surface area contributed by atoms with Gasteiger partial charge in [-0.25, -0.2) is 4.98 Å². The van der Waals surface area contributed by atoms with Crippen LogP contribution < -0.4 is 10.2 Å². The van der Waals surface area contributed by atoms with Gasteiger partial charge < -0.3 is 4.74 Å². The van der Waals surface area contributed by atoms with Crippen molar-refractivity contribution in [3.05, 3.63) is 86.4 Å². The lowest BCUT2D eigenvalue weighted by atomic mass is 10.2. The molecule has 0 unspecified atom stereocenters. The molecule has 0 aliphatic heterocycles. The number of ether oxygens (including phenoxy) is 1. The molecule has 4 nitrogen and oxygen atoms in total. The molecule has 0 aliphatic carbocycles. The predicted octanol–water partition coefficient (Wildman–Crippen LogP) is 6.18. The van der Waals surface area contributed by atoms with Gasteiger partial charge in [-0.1, -0.05) is 51.3 Å². The topological polar surface area (TPSA) is 46.5 Å². The normalized spacial score (nSPS) is 10.9. The zero-order valence-electron chi connectivity index (χ0n) is 13.5. The van der Waals surface area contributed by atoms with Crippen molar-refractivity contribution in [2.45, 2.75) is 6.61 Å². The first-order valence-corrected chi connectivity index (χ1v) is 9.23. The largest absolute Gasteiger partial charge is 0.488 e. The maximum atomic E-state index is 6.05. The Hall–Kier alpha value is -2.08. The molecule has 0 atom stereocenters. The molecular weight excluding hydrogens is 437 g/mol. The maximum Gasteiger partial charge on any atom is 0.146 e. The first-order valence-electron chi connectivity index (χ1n) is 7.68. The lowest BCUT2D eigenvalue weighted by Crippen LogP contribution is -2.00. The number of nitrogens with one attached hydrogen (secondary N) is 1. The number of anilines is 1. The van der Waals surface area contributed by atoms with E-state index < -0.39 is 0 Å². The zero-order chi connectivity index (χ0) is 18.4. The second kappa shape index (κ2) is 9.03. The SMILES string of the molecule is Clc1ccc(COc2ccc(Br)cc2C=NNc2ccccn2)cc1Cl. The van der Waals surface area contributed by atoms with Crippen LogP contribution in [0.1, 0.15) is 11.1 Å². The monoisotopic (exact) mass is 449 g/mol. The quantitative estimate of drug-likeness (QED) is 0.360. The highest BCUT2D eigenvalue weighted by Crippen LogP contribution is 2.25. The molecule has 0 radical (unpaired) electrons. The summed E-state index contributed by atoms with van der Waals surface area (Å²) in [5.74, 6) is 1.36. The van der Waals surface area contributed by atoms with Gasteiger partial charge in [0.1, 0.15) is 18.2 Å². The van der Waals surface area contributed by atoms with Gasteiger partial charge in [-0.3, -0.25) is 5.43 Å². The minimum absolute atomic E-state index is 0.368. The molecule has 0 aliphatic rings. The van der Waals surface area contributed by atoms with Crippen molar-refractivity contribution in [3.8, 4) is 5.75 Å². The molecule has 1 heterocycles. The van der Waals surface area contributed by atoms with Crippen LogP contribution in [-0.4, -0.2) is 11.2 Å². The van der Waals surface area contributed by atoms with E-state index in [0.717, 1.165) is 15.6 Å². The first kappa shape index (κ1) is 18.7. The van der Waals surface area contributed by atoms with Crippen LogP contribution in [0.3, 0.4) is 0 Å². The molecule has 1 aromatic heterocycles. The molecule has 0 saturated carbocycles. The highest BCUT2D eigenvalue weighted by molar-refractivity contribution is 9.10. The Morgan fingerprint density at radius 1 is 1.08 bits per heavy atom. The van der Waals surface area contributed by atoms with Crippen LogP contribution >= 0.6 is 39.1 Å². The number of rotatable bonds is 6. The highest BCUT2D eigenvalue weighted by atomic mass is 79.9. The molecule has 0 bridgehead atoms. The van der Waals surface area contributed by atoms with Gasteiger partial charge in [-0.15, -0.1) is 0 Å². The summed E-state index contributed by atoms with van der Waals surface area (Å²) in [5, 5.41) is 5.24. The van der Waals surface area contributed by atoms with Crippen molar-refractivity contribution < 1.29 is 4.74 Å². The summed E-state index contributed by atoms with van der Waals surface area (Å²) in [6.45, 7) is 0.368. The fraction of sp³-hybridized carbons (Fsp3) is 0.0526. The van der Waals surface area contributed by atoms with E-state index in [-0.39, 0.29) is 0 Å². The summed E-state index contributed by atoms with van der Waals surface area (Å²) < 4.78 is 6.85. The minimum Gasteiger partial charge on any atom is -0.488 e. The van der Waals surface area contributed by atoms with Crippen LogP contribution in [0.2, 0.25) is 10.0 Å². The number of nitrogens with zero attached hydrogens (tertiary/aromatic N) is 2. The number of pyridine rings is 1. The maximum absolute atomic E-state index is 6.05. The fourth-order valence-electron chi connectivity index (χ4n) is 2.14. The average molecular weight is 451 g/mol. The van der Waals surface area contributed by atoms with Crippen molar-refractivity contribution in [2.75, 3.05) is 5.43 Å². The second-order valence-electron chi connectivity index (χ2n) is 5.30. The minimum atomic E-state index is 0.368. The smallest absolute Gasteiger partial charge is 0.146 e. The molecule has 2 aromatic carbocycles. The third-order valence-electron chi connectivity index (χ3n) is 3.40. The first-order chi connectivity index (χ1) is 12.6. The van der Waals surface area contributed by atoms with Crippen LogP contribution in [0.5, 0.6) is 5.75 Å². The standard InChI is InChI=1S/C19H14BrCl2N3O/c20-15-5-7-18(26-12-13-4-6-16(21)17(22)9-13)14(10-15)11-24-25-19-3-1-2-8-23-19/h1-11H,12H2,(H,23,25). The Bertz CT molecular complexity index is 920. The van der Waals surface area contributed by atoms with Gasteiger partial charge in [-0.05, 0) is 48.0 Å². The molecule has 0 saturated heterocycles. The van der Waals surface area contributed by atoms with Gasteiger partial charge >= 0.3 is 0 Å². The van der Waals surface area contributed by atoms with E-state index >= 15 is 0 Å². The van der Waals surface area contributed by atoms with E-state index in [1.54, 1.807) is 24.5 Å². The summed E-state index contributed by atoms with van der Waals surface area (Å²) in [6, 6.07) is 16.7. The van der Waals surface area contributed by atoms with Crippen LogP contribution in [0.4, 0.5) is 5.82 Å². The van der Waals surface area contributed by atoms with Gasteiger partial charge in [0.05, 0.1) is 16.3 Å². The van der Waals surface area contributed by atoms with Gasteiger partial charge in [0, 0.05) is 16.2 Å². The van der Waals surface area contributed by atoms with E-state index in [2.05, 4.69) is 31.4 Å². The van der Waals surface area contributed by atoms with E-state index in [9.17, 15) is 0 Å². The molecule has 0 amide bonds. The highest BCUT2D eigenvalue weighted by Gasteiger charge is 2.05. The molecule has 3 aromatic rings. The molecule has 0 fully saturated rings. The van der Waals surface area contributed by atoms with E-state index in [1.807, 2.05) is 42.5 Å². The van der Waals surface area contributed by atoms with Crippen molar-refractivity contribution >= 4 is 51.2 Å². The Labute approximate surface area is 169 Å². The van der Waals surface area contributed by atoms with Crippen molar-refractivity contribution in [1.29, 1.82) is 0 Å². The molecule has 26 heavy (non-hydrogen) atoms. The summed E-state index contributed by atoms with van der Waals surface area (Å²) in [7, 11) is 0. The Balaban J connectivity index is 1.71. The summed E-state index contributed by atoms with van der Waals surface area (Å²) in [5.41, 5.74) is 4.63. The summed E-state index contributed by atoms with van der Waals surface area (Å²) in [6.07, 6.45) is 3.38. The van der Waals surface area contributed by atoms with Crippen molar-refractivity contribution in [1.82, 2.24) is 4.98 Å². The lowest BCUT2D eigenvalue weighted by Gasteiger charge is -2.10. The predicted molar refractivity (Wildman–Crippen MR) is 110 cm³/mol. The van der Waals surface area contributed by atoms with E-state index in [4.69, 9.17) is 27.9 Å². The third kappa shape index (κ3) is 5.21. The number of benzene rings is 2. The van der Waals surface area contributed by atoms with Crippen LogP contribution in [0.25, 0.3) is 0 Å². The van der Waals surface area contributed by atoms with Crippen molar-refractivity contribution in [3.63, 3.8) is 0 Å². The molecular formula is C19H14BrCl2N3O. The second-order valence-corrected chi connectivity index (χ2v) is 7.03. The van der Waals surface area contributed by atoms with Gasteiger partial charge in [0.25, 0.3) is 0 Å². The van der Waals surface area contributed by atoms with Gasteiger partial charge in [0.2, 0.25) is 0 Å². The van der Waals surface area contributed by atoms with Crippen LogP contribution in [0, 0.1) is 0 Å². The lowest BCUT2D eigenvalue weighted by molar-refractivity contribution is 0.306. The van der Waals surface area contributed by atoms with Crippen molar-refractivity contribution in [2.24, 2.45) is 5.10 Å². The Kier molecular flexibility index (Phi) is 6.50. The number of halogens is 3. The van der Waals surface area contributed by atoms with Gasteiger partial charge in [0.15, 0.2) is 0 Å². The third-order valence-corrected chi connectivity index (χ3v) is 4.63. The fourth-order valence-corrected chi connectivity index (χ4v) is 2.84. The van der Waals surface area contributed by atoms with Gasteiger partial charge in [-0.2, -0.15) is 5.10 Å². The number of aromatic nitrogens is 1. The average Bonchev–Trinajstić information content (AvgIpc) is 2.65. The Morgan fingerprint density at radius 2 is 1.96 bits per heavy atom. The number of hydrazone groups is 1. The van der Waals surface area contributed by atoms with E-state index in [1.165, 1.54) is 0 Å². The van der Waals surface area contributed by atoms with E-state index in [0.29, 0.717) is 28.2 Å².